The van der Waals surface area contributed by atoms with Crippen molar-refractivity contribution < 1.29 is 41.1 Å². The van der Waals surface area contributed by atoms with Gasteiger partial charge in [0.25, 0.3) is 0 Å². The van der Waals surface area contributed by atoms with E-state index in [-0.39, 0.29) is 57.0 Å². The van der Waals surface area contributed by atoms with E-state index in [1.807, 2.05) is 0 Å². The predicted molar refractivity (Wildman–Crippen MR) is 101 cm³/mol. The number of hydrogen-bond acceptors (Lipinski definition) is 12. The van der Waals surface area contributed by atoms with Crippen LogP contribution in [-0.2, 0) is 12.3 Å². The Hall–Kier alpha value is 0.388. The second kappa shape index (κ2) is 11.4. The lowest BCUT2D eigenvalue weighted by molar-refractivity contribution is 0.110. The van der Waals surface area contributed by atoms with E-state index in [1.54, 1.807) is 0 Å². The highest BCUT2D eigenvalue weighted by Crippen LogP contribution is 2.24. The van der Waals surface area contributed by atoms with E-state index in [0.717, 1.165) is 6.55 Å². The molecule has 26 heavy (non-hydrogen) atoms. The molecular weight excluding hydrogens is 418 g/mol. The lowest BCUT2D eigenvalue weighted by Crippen LogP contribution is -2.63. The molecule has 158 valence electrons. The van der Waals surface area contributed by atoms with Gasteiger partial charge >= 0.3 is 35.2 Å². The molecule has 0 amide bonds. The minimum atomic E-state index is -4.32. The summed E-state index contributed by atoms with van der Waals surface area (Å²) in [5.74, 6) is 0. The zero-order valence-corrected chi connectivity index (χ0v) is 19.0. The Labute approximate surface area is 157 Å². The van der Waals surface area contributed by atoms with Crippen LogP contribution in [0.15, 0.2) is 0 Å². The van der Waals surface area contributed by atoms with Gasteiger partial charge in [-0.3, -0.25) is 0 Å². The number of rotatable bonds is 15. The Morgan fingerprint density at radius 2 is 1.00 bits per heavy atom. The normalized spacial score (nSPS) is 17.8. The summed E-state index contributed by atoms with van der Waals surface area (Å²) in [7, 11) is -17.1. The second-order valence-corrected chi connectivity index (χ2v) is 16.2. The Kier molecular flexibility index (Phi) is 11.6. The van der Waals surface area contributed by atoms with Crippen molar-refractivity contribution in [2.75, 3.05) is 19.6 Å². The number of nitrogens with two attached hydrogens (primary N) is 3. The van der Waals surface area contributed by atoms with Gasteiger partial charge in [0.2, 0.25) is 0 Å². The molecule has 0 heterocycles. The van der Waals surface area contributed by atoms with E-state index < -0.39 is 35.2 Å². The zero-order chi connectivity index (χ0) is 20.5. The van der Waals surface area contributed by atoms with Crippen molar-refractivity contribution in [3.63, 3.8) is 0 Å². The molecule has 0 aliphatic rings. The second-order valence-electron chi connectivity index (χ2n) is 6.08. The molecule has 0 aromatic rings. The van der Waals surface area contributed by atoms with Gasteiger partial charge in [-0.15, -0.1) is 0 Å². The van der Waals surface area contributed by atoms with Gasteiger partial charge in [-0.1, -0.05) is 0 Å². The quantitative estimate of drug-likeness (QED) is 0.110. The molecule has 0 aromatic carbocycles. The van der Waals surface area contributed by atoms with Crippen LogP contribution in [0.3, 0.4) is 0 Å². The lowest BCUT2D eigenvalue weighted by atomic mass is 10.5. The van der Waals surface area contributed by atoms with E-state index in [4.69, 9.17) is 29.5 Å². The highest BCUT2D eigenvalue weighted by atomic mass is 28.5. The van der Waals surface area contributed by atoms with Crippen LogP contribution >= 0.6 is 0 Å². The monoisotopic (exact) mass is 451 g/mol. The molecule has 12 N–H and O–H groups in total. The standard InChI is InChI=1S/C10H33N3O9Si4/c1-23(14,20-24(15,16)8-2-5-11)21-26(19,10-4-7-13)22-25(17,18)9-3-6-12/h14-19H,2-13H2,1H3. The largest absolute Gasteiger partial charge is 0.488 e. The highest BCUT2D eigenvalue weighted by molar-refractivity contribution is 6.81. The first-order chi connectivity index (χ1) is 11.8. The molecule has 0 aromatic heterocycles. The molecule has 0 saturated carbocycles. The first-order valence-electron chi connectivity index (χ1n) is 8.35. The number of hydrogen-bond donors (Lipinski definition) is 9. The minimum Gasteiger partial charge on any atom is -0.391 e. The average Bonchev–Trinajstić information content (AvgIpc) is 2.46. The van der Waals surface area contributed by atoms with Crippen molar-refractivity contribution in [2.24, 2.45) is 17.2 Å². The van der Waals surface area contributed by atoms with Crippen LogP contribution in [0.5, 0.6) is 0 Å². The van der Waals surface area contributed by atoms with Gasteiger partial charge in [0.15, 0.2) is 0 Å². The van der Waals surface area contributed by atoms with E-state index in [0.29, 0.717) is 0 Å². The van der Waals surface area contributed by atoms with Gasteiger partial charge in [0.05, 0.1) is 0 Å². The molecular formula is C10H33N3O9Si4. The van der Waals surface area contributed by atoms with E-state index >= 15 is 0 Å². The van der Waals surface area contributed by atoms with Crippen LogP contribution in [0.2, 0.25) is 24.7 Å². The maximum Gasteiger partial charge on any atom is 0.488 e. The van der Waals surface area contributed by atoms with E-state index in [9.17, 15) is 28.8 Å². The van der Waals surface area contributed by atoms with Crippen molar-refractivity contribution >= 4 is 35.2 Å². The van der Waals surface area contributed by atoms with Gasteiger partial charge in [0, 0.05) is 24.7 Å². The van der Waals surface area contributed by atoms with Gasteiger partial charge in [-0.05, 0) is 38.9 Å². The molecule has 0 saturated heterocycles. The summed E-state index contributed by atoms with van der Waals surface area (Å²) in [4.78, 5) is 60.7. The van der Waals surface area contributed by atoms with Gasteiger partial charge in [0.1, 0.15) is 0 Å². The summed E-state index contributed by atoms with van der Waals surface area (Å²) < 4.78 is 15.3. The molecule has 12 nitrogen and oxygen atoms in total. The summed E-state index contributed by atoms with van der Waals surface area (Å²) in [5, 5.41) is 0. The van der Waals surface area contributed by atoms with E-state index in [2.05, 4.69) is 0 Å². The summed E-state index contributed by atoms with van der Waals surface area (Å²) in [6, 6.07) is -0.484. The van der Waals surface area contributed by atoms with Gasteiger partial charge in [-0.25, -0.2) is 0 Å². The molecule has 0 aliphatic carbocycles. The van der Waals surface area contributed by atoms with Crippen LogP contribution in [0.4, 0.5) is 0 Å². The molecule has 0 fully saturated rings. The average molecular weight is 452 g/mol. The summed E-state index contributed by atoms with van der Waals surface area (Å²) in [6.07, 6.45) is 0.743. The third-order valence-electron chi connectivity index (χ3n) is 3.13. The third kappa shape index (κ3) is 12.0. The smallest absolute Gasteiger partial charge is 0.391 e. The molecule has 0 bridgehead atoms. The predicted octanol–water partition coefficient (Wildman–Crippen LogP) is -3.58. The summed E-state index contributed by atoms with van der Waals surface area (Å²) in [6.45, 7) is 1.64. The van der Waals surface area contributed by atoms with Crippen LogP contribution < -0.4 is 17.2 Å². The first kappa shape index (κ1) is 26.4. The van der Waals surface area contributed by atoms with E-state index in [1.165, 1.54) is 0 Å². The van der Waals surface area contributed by atoms with Gasteiger partial charge in [-0.2, -0.15) is 0 Å². The zero-order valence-electron chi connectivity index (χ0n) is 15.0. The molecule has 2 unspecified atom stereocenters. The Balaban J connectivity index is 5.15. The lowest BCUT2D eigenvalue weighted by Gasteiger charge is -2.35. The third-order valence-corrected chi connectivity index (χ3v) is 14.3. The molecule has 0 aliphatic heterocycles. The Morgan fingerprint density at radius 3 is 1.42 bits per heavy atom. The van der Waals surface area contributed by atoms with Crippen LogP contribution in [0.25, 0.3) is 0 Å². The van der Waals surface area contributed by atoms with Crippen molar-refractivity contribution in [1.82, 2.24) is 0 Å². The summed E-state index contributed by atoms with van der Waals surface area (Å²) in [5.41, 5.74) is 16.0. The molecule has 2 atom stereocenters. The van der Waals surface area contributed by atoms with Crippen molar-refractivity contribution in [3.8, 4) is 0 Å². The molecule has 0 spiro atoms. The van der Waals surface area contributed by atoms with Crippen LogP contribution in [0.1, 0.15) is 19.3 Å². The van der Waals surface area contributed by atoms with Crippen LogP contribution in [-0.4, -0.2) is 83.6 Å². The van der Waals surface area contributed by atoms with Crippen molar-refractivity contribution in [1.29, 1.82) is 0 Å². The molecule has 0 rings (SSSR count). The maximum absolute atomic E-state index is 10.6. The highest BCUT2D eigenvalue weighted by Gasteiger charge is 2.54. The van der Waals surface area contributed by atoms with Crippen molar-refractivity contribution in [2.45, 2.75) is 43.9 Å². The molecule has 0 radical (unpaired) electrons. The first-order valence-corrected chi connectivity index (χ1v) is 16.6. The Morgan fingerprint density at radius 1 is 0.615 bits per heavy atom. The Bertz CT molecular complexity index is 408. The molecule has 16 heteroatoms. The SMILES string of the molecule is C[Si](O)(O[Si](O)(O)CCCN)O[Si](O)(CCCN)O[Si](O)(O)CCCN. The maximum atomic E-state index is 10.6. The van der Waals surface area contributed by atoms with Gasteiger partial charge < -0.3 is 58.3 Å². The fourth-order valence-electron chi connectivity index (χ4n) is 2.09. The minimum absolute atomic E-state index is 0.158. The summed E-state index contributed by atoms with van der Waals surface area (Å²) >= 11 is 0. The topological polar surface area (TPSA) is 227 Å². The fraction of sp³-hybridized carbons (Fsp3) is 1.00. The van der Waals surface area contributed by atoms with Crippen molar-refractivity contribution in [3.05, 3.63) is 0 Å². The van der Waals surface area contributed by atoms with Crippen LogP contribution in [0, 0.1) is 0 Å². The fourth-order valence-corrected chi connectivity index (χ4v) is 13.6.